The predicted molar refractivity (Wildman–Crippen MR) is 107 cm³/mol. The zero-order chi connectivity index (χ0) is 18.8. The molecule has 0 aliphatic carbocycles. The van der Waals surface area contributed by atoms with Crippen molar-refractivity contribution in [2.24, 2.45) is 0 Å². The number of nitrogens with one attached hydrogen (secondary N) is 1. The van der Waals surface area contributed by atoms with Gasteiger partial charge in [0.1, 0.15) is 5.54 Å². The van der Waals surface area contributed by atoms with Crippen molar-refractivity contribution in [3.05, 3.63) is 69.7 Å². The largest absolute Gasteiger partial charge is 1.00 e. The normalized spacial score (nSPS) is 11.6. The minimum atomic E-state index is -0.660. The lowest BCUT2D eigenvalue weighted by atomic mass is 10.1. The molecule has 1 unspecified atom stereocenters. The molecular formula is C18H19Cl5N2O2. The number of hydrogen-bond donors (Lipinski definition) is 1. The number of carbonyl (C=O) groups is 2. The van der Waals surface area contributed by atoms with E-state index in [4.69, 9.17) is 35.0 Å². The third-order valence-electron chi connectivity index (χ3n) is 3.48. The van der Waals surface area contributed by atoms with E-state index in [1.807, 2.05) is 20.8 Å². The van der Waals surface area contributed by atoms with Gasteiger partial charge in [-0.15, -0.1) is 17.4 Å². The number of benzene rings is 2. The Morgan fingerprint density at radius 2 is 1.48 bits per heavy atom. The van der Waals surface area contributed by atoms with Gasteiger partial charge in [-0.1, -0.05) is 33.8 Å². The first-order chi connectivity index (χ1) is 11.6. The van der Waals surface area contributed by atoms with Gasteiger partial charge in [0.25, 0.3) is 0 Å². The van der Waals surface area contributed by atoms with Crippen molar-refractivity contribution < 1.29 is 27.0 Å². The minimum absolute atomic E-state index is 0. The van der Waals surface area contributed by atoms with Crippen LogP contribution in [0.5, 0.6) is 0 Å². The van der Waals surface area contributed by atoms with E-state index in [1.165, 1.54) is 6.07 Å². The second-order valence-electron chi connectivity index (χ2n) is 6.53. The highest BCUT2D eigenvalue weighted by molar-refractivity contribution is 6.31. The molecule has 1 N–H and O–H groups in total. The summed E-state index contributed by atoms with van der Waals surface area (Å²) in [5, 5.41) is 1.10. The summed E-state index contributed by atoms with van der Waals surface area (Å²) in [5.41, 5.74) is 0.0409. The van der Waals surface area contributed by atoms with Crippen LogP contribution in [0.15, 0.2) is 48.5 Å². The van der Waals surface area contributed by atoms with Crippen LogP contribution in [0.2, 0.25) is 10.0 Å². The van der Waals surface area contributed by atoms with Gasteiger partial charge in [0.15, 0.2) is 0 Å². The smallest absolute Gasteiger partial charge is 0.370 e. The molecule has 1 atom stereocenters. The van der Waals surface area contributed by atoms with Crippen molar-refractivity contribution in [2.75, 3.05) is 0 Å². The number of nitrogens with zero attached hydrogens (tertiary/aromatic N) is 1. The van der Waals surface area contributed by atoms with Gasteiger partial charge in [-0.2, -0.15) is 0 Å². The molecule has 0 saturated heterocycles. The van der Waals surface area contributed by atoms with Crippen LogP contribution in [0, 0.1) is 0 Å². The van der Waals surface area contributed by atoms with Gasteiger partial charge < -0.3 is 12.4 Å². The van der Waals surface area contributed by atoms with Crippen LogP contribution in [0.1, 0.15) is 41.5 Å². The Morgan fingerprint density at radius 3 is 1.96 bits per heavy atom. The molecule has 0 saturated carbocycles. The Balaban J connectivity index is 0.00000338. The van der Waals surface area contributed by atoms with Crippen molar-refractivity contribution in [2.45, 2.75) is 26.3 Å². The number of rotatable bonds is 2. The molecule has 2 aromatic carbocycles. The number of halogens is 5. The van der Waals surface area contributed by atoms with E-state index in [-0.39, 0.29) is 35.7 Å². The zero-order valence-corrected chi connectivity index (χ0v) is 18.6. The maximum atomic E-state index is 13.0. The molecule has 0 aliphatic rings. The van der Waals surface area contributed by atoms with Crippen LogP contribution >= 0.6 is 47.4 Å². The fraction of sp³-hybridized carbons (Fsp3) is 0.222. The first-order valence-electron chi connectivity index (χ1n) is 7.55. The number of carbonyl (C=O) groups excluding carboxylic acids is 2. The van der Waals surface area contributed by atoms with Crippen molar-refractivity contribution >= 4 is 59.2 Å². The van der Waals surface area contributed by atoms with Crippen LogP contribution < -0.4 is 17.4 Å². The first-order valence-corrected chi connectivity index (χ1v) is 8.64. The monoisotopic (exact) mass is 470 g/mol. The quantitative estimate of drug-likeness (QED) is 0.531. The molecule has 2 amide bonds. The fourth-order valence-electron chi connectivity index (χ4n) is 2.30. The predicted octanol–water partition coefficient (Wildman–Crippen LogP) is 1.45. The molecule has 148 valence electrons. The van der Waals surface area contributed by atoms with Crippen LogP contribution in [-0.2, 0) is 0 Å². The van der Waals surface area contributed by atoms with Crippen molar-refractivity contribution in [1.82, 2.24) is 4.53 Å². The summed E-state index contributed by atoms with van der Waals surface area (Å²) in [6.45, 7) is 5.45. The molecule has 0 spiro atoms. The van der Waals surface area contributed by atoms with Crippen LogP contribution in [0.3, 0.4) is 0 Å². The van der Waals surface area contributed by atoms with Gasteiger partial charge in [0.05, 0.1) is 17.3 Å². The Morgan fingerprint density at radius 1 is 0.926 bits per heavy atom. The molecule has 4 nitrogen and oxygen atoms in total. The standard InChI is InChI=1S/C18H17Cl3N2O2.2ClH/c1-18(2,3)22(16(24)12-7-9-14(19)10-8-12)23(21)17(25)13-5-4-6-15(20)11-13;;/h4-11H,1-3H3;2*1H. The number of hydrogen-bond acceptors (Lipinski definition) is 2. The van der Waals surface area contributed by atoms with E-state index in [9.17, 15) is 9.59 Å². The molecule has 0 heterocycles. The lowest BCUT2D eigenvalue weighted by molar-refractivity contribution is -0.951. The van der Waals surface area contributed by atoms with Crippen LogP contribution in [0.25, 0.3) is 0 Å². The lowest BCUT2D eigenvalue weighted by Crippen LogP contribution is -3.25. The fourth-order valence-corrected chi connectivity index (χ4v) is 3.04. The number of amides is 2. The van der Waals surface area contributed by atoms with E-state index in [0.29, 0.717) is 21.2 Å². The highest BCUT2D eigenvalue weighted by Gasteiger charge is 2.41. The summed E-state index contributed by atoms with van der Waals surface area (Å²) >= 11 is 18.1. The van der Waals surface area contributed by atoms with Crippen LogP contribution in [0.4, 0.5) is 0 Å². The van der Waals surface area contributed by atoms with E-state index in [2.05, 4.69) is 0 Å². The van der Waals surface area contributed by atoms with E-state index in [0.717, 1.165) is 4.53 Å². The lowest BCUT2D eigenvalue weighted by Gasteiger charge is -2.33. The Kier molecular flexibility index (Phi) is 10.1. The first kappa shape index (κ1) is 26.0. The second-order valence-corrected chi connectivity index (χ2v) is 7.74. The second kappa shape index (κ2) is 10.5. The third kappa shape index (κ3) is 6.53. The summed E-state index contributed by atoms with van der Waals surface area (Å²) in [6.07, 6.45) is 0. The summed E-state index contributed by atoms with van der Waals surface area (Å²) in [6, 6.07) is 12.8. The maximum Gasteiger partial charge on any atom is 0.370 e. The van der Waals surface area contributed by atoms with Gasteiger partial charge in [-0.25, -0.2) is 4.79 Å². The van der Waals surface area contributed by atoms with Crippen molar-refractivity contribution in [3.63, 3.8) is 0 Å². The molecule has 0 bridgehead atoms. The third-order valence-corrected chi connectivity index (χ3v) is 4.29. The van der Waals surface area contributed by atoms with Gasteiger partial charge in [0, 0.05) is 15.6 Å². The highest BCUT2D eigenvalue weighted by atomic mass is 35.5. The Hall–Kier alpha value is -1.01. The maximum absolute atomic E-state index is 13.0. The topological polar surface area (TPSA) is 41.8 Å². The SMILES string of the molecule is CC(C)(C)[NH+](C(=O)c1ccc(Cl)cc1)N(Cl)C(=O)c1cccc(Cl)c1.Cl.[Cl-]. The van der Waals surface area contributed by atoms with Gasteiger partial charge in [-0.3, -0.25) is 4.79 Å². The summed E-state index contributed by atoms with van der Waals surface area (Å²) in [5.74, 6) is -0.856. The molecule has 27 heavy (non-hydrogen) atoms. The molecule has 2 aromatic rings. The minimum Gasteiger partial charge on any atom is -1.00 e. The van der Waals surface area contributed by atoms with Crippen molar-refractivity contribution in [1.29, 1.82) is 0 Å². The molecular weight excluding hydrogens is 453 g/mol. The molecule has 9 heteroatoms. The Bertz CT molecular complexity index is 791. The summed E-state index contributed by atoms with van der Waals surface area (Å²) in [4.78, 5) is 25.7. The summed E-state index contributed by atoms with van der Waals surface area (Å²) in [7, 11) is 0. The highest BCUT2D eigenvalue weighted by Crippen LogP contribution is 2.14. The average Bonchev–Trinajstić information content (AvgIpc) is 2.53. The molecule has 0 aromatic heterocycles. The van der Waals surface area contributed by atoms with Crippen molar-refractivity contribution in [3.8, 4) is 0 Å². The van der Waals surface area contributed by atoms with Crippen LogP contribution in [-0.4, -0.2) is 21.9 Å². The average molecular weight is 473 g/mol. The number of quaternary nitrogens is 1. The van der Waals surface area contributed by atoms with E-state index in [1.54, 1.807) is 42.5 Å². The summed E-state index contributed by atoms with van der Waals surface area (Å²) < 4.78 is 0.878. The Labute approximate surface area is 186 Å². The van der Waals surface area contributed by atoms with E-state index >= 15 is 0 Å². The molecule has 0 fully saturated rings. The zero-order valence-electron chi connectivity index (χ0n) is 14.8. The van der Waals surface area contributed by atoms with Gasteiger partial charge in [-0.05, 0) is 63.2 Å². The van der Waals surface area contributed by atoms with Gasteiger partial charge in [0.2, 0.25) is 0 Å². The molecule has 2 rings (SSSR count). The van der Waals surface area contributed by atoms with Gasteiger partial charge >= 0.3 is 11.8 Å². The molecule has 0 aliphatic heterocycles. The molecule has 0 radical (unpaired) electrons. The van der Waals surface area contributed by atoms with E-state index < -0.39 is 11.4 Å².